The number of amides is 1. The number of carbonyl (C=O) groups is 1. The van der Waals surface area contributed by atoms with Gasteiger partial charge in [-0.1, -0.05) is 28.1 Å². The predicted octanol–water partition coefficient (Wildman–Crippen LogP) is 2.24. The van der Waals surface area contributed by atoms with Crippen molar-refractivity contribution >= 4 is 22.0 Å². The fourth-order valence-corrected chi connectivity index (χ4v) is 2.21. The van der Waals surface area contributed by atoms with Crippen molar-refractivity contribution in [2.45, 2.75) is 6.54 Å². The van der Waals surface area contributed by atoms with Crippen LogP contribution in [0.4, 0.5) is 4.79 Å². The number of carboxylic acid groups (broad SMARTS) is 1. The van der Waals surface area contributed by atoms with Gasteiger partial charge in [-0.25, -0.2) is 4.79 Å². The van der Waals surface area contributed by atoms with Crippen LogP contribution in [0.15, 0.2) is 28.7 Å². The zero-order valence-corrected chi connectivity index (χ0v) is 11.1. The maximum absolute atomic E-state index is 10.8. The molecule has 5 heteroatoms. The number of hydrogen-bond donors (Lipinski definition) is 1. The minimum absolute atomic E-state index is 0.603. The number of hydrogen-bond acceptors (Lipinski definition) is 2. The molecule has 0 radical (unpaired) electrons. The van der Waals surface area contributed by atoms with Crippen LogP contribution in [-0.4, -0.2) is 47.2 Å². The quantitative estimate of drug-likeness (QED) is 0.911. The second-order valence-corrected chi connectivity index (χ2v) is 5.09. The van der Waals surface area contributed by atoms with E-state index < -0.39 is 6.09 Å². The molecule has 4 nitrogen and oxygen atoms in total. The van der Waals surface area contributed by atoms with Crippen LogP contribution in [0.3, 0.4) is 0 Å². The molecule has 92 valence electrons. The van der Waals surface area contributed by atoms with Gasteiger partial charge in [-0.3, -0.25) is 4.90 Å². The van der Waals surface area contributed by atoms with Crippen molar-refractivity contribution in [2.75, 3.05) is 26.2 Å². The molecule has 2 rings (SSSR count). The van der Waals surface area contributed by atoms with E-state index in [9.17, 15) is 4.79 Å². The Balaban J connectivity index is 1.85. The Bertz CT molecular complexity index is 386. The van der Waals surface area contributed by atoms with E-state index in [1.165, 1.54) is 10.5 Å². The minimum atomic E-state index is -0.812. The zero-order chi connectivity index (χ0) is 12.3. The largest absolute Gasteiger partial charge is 0.465 e. The molecule has 1 fully saturated rings. The number of benzene rings is 1. The van der Waals surface area contributed by atoms with Crippen LogP contribution in [0.2, 0.25) is 0 Å². The van der Waals surface area contributed by atoms with Gasteiger partial charge >= 0.3 is 6.09 Å². The highest BCUT2D eigenvalue weighted by Gasteiger charge is 2.19. The van der Waals surface area contributed by atoms with Crippen LogP contribution in [0, 0.1) is 0 Å². The summed E-state index contributed by atoms with van der Waals surface area (Å²) < 4.78 is 1.08. The Hall–Kier alpha value is -1.07. The van der Waals surface area contributed by atoms with Crippen LogP contribution in [0.25, 0.3) is 0 Å². The number of nitrogens with zero attached hydrogens (tertiary/aromatic N) is 2. The highest BCUT2D eigenvalue weighted by molar-refractivity contribution is 9.10. The van der Waals surface area contributed by atoms with Gasteiger partial charge in [-0.2, -0.15) is 0 Å². The number of halogens is 1. The molecule has 0 aromatic heterocycles. The molecule has 17 heavy (non-hydrogen) atoms. The Labute approximate surface area is 109 Å². The summed E-state index contributed by atoms with van der Waals surface area (Å²) in [5.74, 6) is 0. The molecule has 0 saturated carbocycles. The van der Waals surface area contributed by atoms with E-state index in [0.29, 0.717) is 13.1 Å². The third-order valence-electron chi connectivity index (χ3n) is 2.96. The number of piperazine rings is 1. The topological polar surface area (TPSA) is 43.8 Å². The molecule has 0 atom stereocenters. The molecule has 1 saturated heterocycles. The van der Waals surface area contributed by atoms with Crippen LogP contribution in [0.1, 0.15) is 5.56 Å². The average Bonchev–Trinajstić information content (AvgIpc) is 2.33. The molecule has 0 bridgehead atoms. The lowest BCUT2D eigenvalue weighted by Gasteiger charge is -2.33. The Morgan fingerprint density at radius 1 is 1.18 bits per heavy atom. The van der Waals surface area contributed by atoms with E-state index in [1.807, 2.05) is 12.1 Å². The molecule has 0 unspecified atom stereocenters. The summed E-state index contributed by atoms with van der Waals surface area (Å²) in [6, 6.07) is 8.24. The van der Waals surface area contributed by atoms with E-state index in [-0.39, 0.29) is 0 Å². The van der Waals surface area contributed by atoms with Gasteiger partial charge in [0.15, 0.2) is 0 Å². The second-order valence-electron chi connectivity index (χ2n) is 4.17. The highest BCUT2D eigenvalue weighted by Crippen LogP contribution is 2.13. The van der Waals surface area contributed by atoms with Crippen molar-refractivity contribution < 1.29 is 9.90 Å². The lowest BCUT2D eigenvalue weighted by Crippen LogP contribution is -2.47. The van der Waals surface area contributed by atoms with E-state index in [2.05, 4.69) is 33.0 Å². The van der Waals surface area contributed by atoms with Gasteiger partial charge in [0, 0.05) is 37.2 Å². The van der Waals surface area contributed by atoms with Crippen LogP contribution in [-0.2, 0) is 6.54 Å². The first kappa shape index (κ1) is 12.4. The van der Waals surface area contributed by atoms with Gasteiger partial charge in [0.1, 0.15) is 0 Å². The lowest BCUT2D eigenvalue weighted by atomic mass is 10.2. The maximum atomic E-state index is 10.8. The van der Waals surface area contributed by atoms with E-state index >= 15 is 0 Å². The summed E-state index contributed by atoms with van der Waals surface area (Å²) in [5.41, 5.74) is 1.26. The summed E-state index contributed by atoms with van der Waals surface area (Å²) in [7, 11) is 0. The zero-order valence-electron chi connectivity index (χ0n) is 9.47. The minimum Gasteiger partial charge on any atom is -0.465 e. The summed E-state index contributed by atoms with van der Waals surface area (Å²) in [5, 5.41) is 8.85. The molecule has 1 aromatic carbocycles. The van der Waals surface area contributed by atoms with E-state index in [4.69, 9.17) is 5.11 Å². The van der Waals surface area contributed by atoms with Gasteiger partial charge in [0.25, 0.3) is 0 Å². The standard InChI is InChI=1S/C12H15BrN2O2/c13-11-3-1-10(2-4-11)9-14-5-7-15(8-6-14)12(16)17/h1-4H,5-9H2,(H,16,17). The molecule has 1 aromatic rings. The molecule has 0 aliphatic carbocycles. The molecule has 1 aliphatic rings. The third-order valence-corrected chi connectivity index (χ3v) is 3.49. The van der Waals surface area contributed by atoms with Gasteiger partial charge < -0.3 is 10.0 Å². The Morgan fingerprint density at radius 2 is 1.76 bits per heavy atom. The van der Waals surface area contributed by atoms with Gasteiger partial charge in [-0.15, -0.1) is 0 Å². The molecule has 1 heterocycles. The summed E-state index contributed by atoms with van der Waals surface area (Å²) >= 11 is 3.41. The molecule has 1 amide bonds. The average molecular weight is 299 g/mol. The monoisotopic (exact) mass is 298 g/mol. The summed E-state index contributed by atoms with van der Waals surface area (Å²) in [6.07, 6.45) is -0.812. The lowest BCUT2D eigenvalue weighted by molar-refractivity contribution is 0.103. The summed E-state index contributed by atoms with van der Waals surface area (Å²) in [4.78, 5) is 14.5. The third kappa shape index (κ3) is 3.44. The normalized spacial score (nSPS) is 17.1. The van der Waals surface area contributed by atoms with Crippen molar-refractivity contribution in [3.8, 4) is 0 Å². The van der Waals surface area contributed by atoms with Crippen LogP contribution >= 0.6 is 15.9 Å². The second kappa shape index (κ2) is 5.51. The van der Waals surface area contributed by atoms with Gasteiger partial charge in [-0.05, 0) is 17.7 Å². The molecule has 0 spiro atoms. The first-order valence-electron chi connectivity index (χ1n) is 5.60. The van der Waals surface area contributed by atoms with Crippen molar-refractivity contribution in [1.29, 1.82) is 0 Å². The predicted molar refractivity (Wildman–Crippen MR) is 69.0 cm³/mol. The van der Waals surface area contributed by atoms with Crippen molar-refractivity contribution in [1.82, 2.24) is 9.80 Å². The van der Waals surface area contributed by atoms with Crippen molar-refractivity contribution in [3.05, 3.63) is 34.3 Å². The van der Waals surface area contributed by atoms with Crippen molar-refractivity contribution in [2.24, 2.45) is 0 Å². The molecule has 1 aliphatic heterocycles. The Morgan fingerprint density at radius 3 is 2.29 bits per heavy atom. The first-order chi connectivity index (χ1) is 8.15. The van der Waals surface area contributed by atoms with Gasteiger partial charge in [0.05, 0.1) is 0 Å². The maximum Gasteiger partial charge on any atom is 0.407 e. The summed E-state index contributed by atoms with van der Waals surface area (Å²) in [6.45, 7) is 3.71. The fraction of sp³-hybridized carbons (Fsp3) is 0.417. The van der Waals surface area contributed by atoms with E-state index in [1.54, 1.807) is 0 Å². The van der Waals surface area contributed by atoms with Crippen molar-refractivity contribution in [3.63, 3.8) is 0 Å². The SMILES string of the molecule is O=C(O)N1CCN(Cc2ccc(Br)cc2)CC1. The molecular formula is C12H15BrN2O2. The number of rotatable bonds is 2. The van der Waals surface area contributed by atoms with Crippen LogP contribution < -0.4 is 0 Å². The molecule has 1 N–H and O–H groups in total. The molecular weight excluding hydrogens is 284 g/mol. The van der Waals surface area contributed by atoms with Crippen LogP contribution in [0.5, 0.6) is 0 Å². The highest BCUT2D eigenvalue weighted by atomic mass is 79.9. The fourth-order valence-electron chi connectivity index (χ4n) is 1.95. The Kier molecular flexibility index (Phi) is 4.02. The van der Waals surface area contributed by atoms with Gasteiger partial charge in [0.2, 0.25) is 0 Å². The smallest absolute Gasteiger partial charge is 0.407 e. The van der Waals surface area contributed by atoms with E-state index in [0.717, 1.165) is 24.1 Å². The first-order valence-corrected chi connectivity index (χ1v) is 6.39.